The maximum Gasteiger partial charge on any atom is 0.126 e. The van der Waals surface area contributed by atoms with Crippen LogP contribution in [0.5, 0.6) is 23.0 Å². The maximum absolute atomic E-state index is 12.7. The topological polar surface area (TPSA) is 123 Å². The fourth-order valence-electron chi connectivity index (χ4n) is 9.74. The molecule has 0 saturated heterocycles. The van der Waals surface area contributed by atoms with Crippen molar-refractivity contribution in [2.45, 2.75) is 143 Å². The molecule has 0 aromatic heterocycles. The van der Waals surface area contributed by atoms with E-state index < -0.39 is 0 Å². The Morgan fingerprint density at radius 1 is 0.403 bits per heavy atom. The van der Waals surface area contributed by atoms with Gasteiger partial charge in [0.1, 0.15) is 36.2 Å². The molecule has 6 aromatic rings. The Morgan fingerprint density at radius 3 is 0.889 bits per heavy atom. The Hall–Kier alpha value is -5.64. The van der Waals surface area contributed by atoms with Crippen LogP contribution in [0.15, 0.2) is 109 Å². The molecule has 0 amide bonds. The molecule has 0 radical (unpaired) electrons. The van der Waals surface area contributed by atoms with Crippen LogP contribution in [0.2, 0.25) is 0 Å². The molecule has 0 aliphatic heterocycles. The Labute approximate surface area is 430 Å². The van der Waals surface area contributed by atoms with E-state index in [1.165, 1.54) is 0 Å². The number of hydrogen-bond donors (Lipinski definition) is 6. The van der Waals surface area contributed by atoms with E-state index in [4.69, 9.17) is 9.47 Å². The summed E-state index contributed by atoms with van der Waals surface area (Å²) < 4.78 is 14.0. The van der Waals surface area contributed by atoms with Crippen LogP contribution in [0.3, 0.4) is 0 Å². The lowest BCUT2D eigenvalue weighted by atomic mass is 9.79. The van der Waals surface area contributed by atoms with Crippen molar-refractivity contribution in [2.75, 3.05) is 39.5 Å². The van der Waals surface area contributed by atoms with Crippen molar-refractivity contribution >= 4 is 0 Å². The summed E-state index contributed by atoms with van der Waals surface area (Å²) in [5, 5.41) is 53.3. The molecule has 1 aliphatic rings. The highest BCUT2D eigenvalue weighted by Crippen LogP contribution is 2.44. The van der Waals surface area contributed by atoms with E-state index in [1.807, 2.05) is 60.7 Å². The van der Waals surface area contributed by atoms with Crippen LogP contribution in [0.4, 0.5) is 0 Å². The van der Waals surface area contributed by atoms with Gasteiger partial charge in [0.25, 0.3) is 0 Å². The van der Waals surface area contributed by atoms with Gasteiger partial charge in [-0.1, -0.05) is 192 Å². The van der Waals surface area contributed by atoms with Crippen LogP contribution >= 0.6 is 0 Å². The smallest absolute Gasteiger partial charge is 0.126 e. The van der Waals surface area contributed by atoms with Crippen molar-refractivity contribution < 1.29 is 29.9 Å². The average Bonchev–Trinajstić information content (AvgIpc) is 3.31. The second-order valence-corrected chi connectivity index (χ2v) is 24.1. The third-order valence-electron chi connectivity index (χ3n) is 14.3. The summed E-state index contributed by atoms with van der Waals surface area (Å²) in [7, 11) is 0. The van der Waals surface area contributed by atoms with E-state index >= 15 is 0 Å². The number of aromatic hydroxyl groups is 2. The molecule has 0 heterocycles. The highest BCUT2D eigenvalue weighted by atomic mass is 16.5. The number of nitrogens with one attached hydrogen (secondary N) is 2. The average molecular weight is 975 g/mol. The van der Waals surface area contributed by atoms with Crippen molar-refractivity contribution in [1.82, 2.24) is 10.6 Å². The lowest BCUT2D eigenvalue weighted by Gasteiger charge is -2.28. The molecule has 0 spiro atoms. The van der Waals surface area contributed by atoms with Crippen LogP contribution in [0.25, 0.3) is 0 Å². The predicted octanol–water partition coefficient (Wildman–Crippen LogP) is 12.4. The molecule has 0 saturated carbocycles. The Kier molecular flexibility index (Phi) is 16.7. The third-order valence-corrected chi connectivity index (χ3v) is 14.3. The summed E-state index contributed by atoms with van der Waals surface area (Å²) in [4.78, 5) is 0. The fourth-order valence-corrected chi connectivity index (χ4v) is 9.74. The molecule has 72 heavy (non-hydrogen) atoms. The maximum atomic E-state index is 12.7. The number of benzene rings is 6. The van der Waals surface area contributed by atoms with Gasteiger partial charge in [0.05, 0.1) is 25.3 Å². The predicted molar refractivity (Wildman–Crippen MR) is 295 cm³/mol. The van der Waals surface area contributed by atoms with Gasteiger partial charge in [-0.05, 0) is 99.5 Å². The monoisotopic (exact) mass is 975 g/mol. The van der Waals surface area contributed by atoms with Crippen LogP contribution in [0.1, 0.15) is 173 Å². The zero-order valence-corrected chi connectivity index (χ0v) is 45.2. The van der Waals surface area contributed by atoms with Gasteiger partial charge < -0.3 is 40.5 Å². The molecule has 8 nitrogen and oxygen atoms in total. The molecule has 0 fully saturated rings. The van der Waals surface area contributed by atoms with Crippen molar-refractivity contribution in [2.24, 2.45) is 0 Å². The third kappa shape index (κ3) is 13.1. The molecule has 2 atom stereocenters. The van der Waals surface area contributed by atoms with E-state index in [0.717, 1.165) is 89.4 Å². The Balaban J connectivity index is 1.43. The zero-order chi connectivity index (χ0) is 52.2. The number of rotatable bonds is 14. The minimum absolute atomic E-state index is 0.0516. The number of ether oxygens (including phenoxy) is 2. The second kappa shape index (κ2) is 22.2. The van der Waals surface area contributed by atoms with Crippen molar-refractivity contribution in [3.8, 4) is 23.0 Å². The molecule has 6 N–H and O–H groups in total. The summed E-state index contributed by atoms with van der Waals surface area (Å²) in [5.74, 6) is 1.98. The van der Waals surface area contributed by atoms with Gasteiger partial charge in [0.2, 0.25) is 0 Å². The van der Waals surface area contributed by atoms with Crippen molar-refractivity contribution in [1.29, 1.82) is 0 Å². The minimum atomic E-state index is -0.249. The van der Waals surface area contributed by atoms with E-state index in [-0.39, 0.29) is 58.5 Å². The van der Waals surface area contributed by atoms with Gasteiger partial charge in [-0.15, -0.1) is 0 Å². The minimum Gasteiger partial charge on any atom is -0.507 e. The molecule has 6 aromatic carbocycles. The van der Waals surface area contributed by atoms with Crippen molar-refractivity contribution in [3.05, 3.63) is 187 Å². The lowest BCUT2D eigenvalue weighted by molar-refractivity contribution is 0.231. The van der Waals surface area contributed by atoms with Crippen LogP contribution in [-0.4, -0.2) is 59.9 Å². The Morgan fingerprint density at radius 2 is 0.653 bits per heavy atom. The molecule has 1 aliphatic carbocycles. The first kappa shape index (κ1) is 54.1. The Bertz CT molecular complexity index is 2500. The zero-order valence-electron chi connectivity index (χ0n) is 45.2. The van der Waals surface area contributed by atoms with Crippen molar-refractivity contribution in [3.63, 3.8) is 0 Å². The normalized spacial score (nSPS) is 14.2. The van der Waals surface area contributed by atoms with E-state index in [9.17, 15) is 20.4 Å². The van der Waals surface area contributed by atoms with E-state index in [1.54, 1.807) is 0 Å². The number of aliphatic hydroxyl groups is 2. The molecule has 1 unspecified atom stereocenters. The van der Waals surface area contributed by atoms with Gasteiger partial charge in [0.15, 0.2) is 0 Å². The van der Waals surface area contributed by atoms with E-state index in [2.05, 4.69) is 142 Å². The fraction of sp³-hybridized carbons (Fsp3) is 0.438. The highest BCUT2D eigenvalue weighted by Gasteiger charge is 2.29. The van der Waals surface area contributed by atoms with Gasteiger partial charge in [-0.3, -0.25) is 0 Å². The molecule has 8 bridgehead atoms. The number of hydrogen-bond acceptors (Lipinski definition) is 8. The SMILES string of the molecule is CC(C)(C)c1cc2c(O)c(c1)Cc1cc(C(C)(C)C)cc(c1OCCN[C@@H](CO)c1ccccc1)Cc1cc(C(C)(C)C)cc(c1O)Cc1cc(C(C)(C)C)cc(c1OCCNC(CO)c1ccccc1)C2. The lowest BCUT2D eigenvalue weighted by Crippen LogP contribution is -2.29. The molecule has 8 heteroatoms. The summed E-state index contributed by atoms with van der Waals surface area (Å²) in [6.45, 7) is 28.1. The second-order valence-electron chi connectivity index (χ2n) is 24.1. The number of fused-ring (bicyclic) bond motifs is 8. The standard InChI is InChI=1S/C64H82N2O6/c1-61(2,3)51-31-43-27-47-35-53(63(7,8)9)37-49(59(47)71-25-23-65-55(39-67)41-19-15-13-16-20-41)29-45-33-52(62(4,5)6)34-46(58(45)70)30-50-38-54(64(10,11)12)36-48(28-44(32-51)57(43)69)60(50)72-26-24-66-56(40-68)42-21-17-14-18-22-42/h13-22,31-38,55-56,65-70H,23-30,39-40H2,1-12H3/t55-,56?/m0/s1. The first-order valence-electron chi connectivity index (χ1n) is 26.0. The van der Waals surface area contributed by atoms with E-state index in [0.29, 0.717) is 52.0 Å². The molecule has 384 valence electrons. The summed E-state index contributed by atoms with van der Waals surface area (Å²) in [6.07, 6.45) is 1.61. The highest BCUT2D eigenvalue weighted by molar-refractivity contribution is 5.59. The van der Waals surface area contributed by atoms with Crippen LogP contribution in [-0.2, 0) is 47.3 Å². The number of phenolic OH excluding ortho intramolecular Hbond substituents is 2. The van der Waals surface area contributed by atoms with Gasteiger partial charge in [0, 0.05) is 38.8 Å². The molecular formula is C64H82N2O6. The van der Waals surface area contributed by atoms with Gasteiger partial charge in [-0.2, -0.15) is 0 Å². The molecular weight excluding hydrogens is 893 g/mol. The summed E-state index contributed by atoms with van der Waals surface area (Å²) >= 11 is 0. The number of aliphatic hydroxyl groups excluding tert-OH is 2. The number of phenols is 2. The van der Waals surface area contributed by atoms with Gasteiger partial charge >= 0.3 is 0 Å². The molecule has 7 rings (SSSR count). The van der Waals surface area contributed by atoms with Gasteiger partial charge in [-0.25, -0.2) is 0 Å². The first-order chi connectivity index (χ1) is 33.9. The largest absolute Gasteiger partial charge is 0.507 e. The quantitative estimate of drug-likeness (QED) is 0.0596. The first-order valence-corrected chi connectivity index (χ1v) is 26.0. The summed E-state index contributed by atoms with van der Waals surface area (Å²) in [6, 6.07) is 37.1. The van der Waals surface area contributed by atoms with Crippen LogP contribution < -0.4 is 20.1 Å². The summed E-state index contributed by atoms with van der Waals surface area (Å²) in [5.41, 5.74) is 12.6. The van der Waals surface area contributed by atoms with Crippen LogP contribution in [0, 0.1) is 0 Å².